The van der Waals surface area contributed by atoms with Gasteiger partial charge in [-0.1, -0.05) is 38.7 Å². The Labute approximate surface area is 180 Å². The van der Waals surface area contributed by atoms with Crippen molar-refractivity contribution in [1.29, 1.82) is 0 Å². The largest absolute Gasteiger partial charge is 0.505 e. The fraction of sp³-hybridized carbons (Fsp3) is 0.769. The second kappa shape index (κ2) is 9.97. The Balaban J connectivity index is 1.23. The Kier molecular flexibility index (Phi) is 7.33. The smallest absolute Gasteiger partial charge is 0.200 e. The molecule has 1 saturated heterocycles. The lowest BCUT2D eigenvalue weighted by Gasteiger charge is -2.41. The van der Waals surface area contributed by atoms with Gasteiger partial charge in [-0.25, -0.2) is 4.39 Å². The van der Waals surface area contributed by atoms with E-state index in [4.69, 9.17) is 4.74 Å². The van der Waals surface area contributed by atoms with Gasteiger partial charge in [0.1, 0.15) is 0 Å². The summed E-state index contributed by atoms with van der Waals surface area (Å²) in [5.41, 5.74) is 0.339. The highest BCUT2D eigenvalue weighted by Crippen LogP contribution is 2.44. The predicted molar refractivity (Wildman–Crippen MR) is 116 cm³/mol. The Hall–Kier alpha value is -1.16. The van der Waals surface area contributed by atoms with E-state index in [9.17, 15) is 13.9 Å². The number of benzene rings is 1. The van der Waals surface area contributed by atoms with Crippen molar-refractivity contribution in [3.63, 3.8) is 0 Å². The number of hydrogen-bond acceptors (Lipinski definition) is 2. The minimum Gasteiger partial charge on any atom is -0.505 e. The van der Waals surface area contributed by atoms with Crippen LogP contribution in [0.4, 0.5) is 8.78 Å². The molecule has 2 nitrogen and oxygen atoms in total. The van der Waals surface area contributed by atoms with Gasteiger partial charge in [0.2, 0.25) is 5.82 Å². The summed E-state index contributed by atoms with van der Waals surface area (Å²) < 4.78 is 34.1. The maximum atomic E-state index is 14.2. The quantitative estimate of drug-likeness (QED) is 0.540. The molecule has 0 radical (unpaired) electrons. The monoisotopic (exact) mass is 420 g/mol. The first kappa shape index (κ1) is 22.0. The van der Waals surface area contributed by atoms with Crippen molar-refractivity contribution in [3.05, 3.63) is 29.3 Å². The molecular weight excluding hydrogens is 382 g/mol. The lowest BCUT2D eigenvalue weighted by molar-refractivity contribution is -0.0469. The van der Waals surface area contributed by atoms with Crippen LogP contribution in [0.5, 0.6) is 5.75 Å². The van der Waals surface area contributed by atoms with E-state index in [1.807, 2.05) is 0 Å². The average Bonchev–Trinajstić information content (AvgIpc) is 2.79. The van der Waals surface area contributed by atoms with E-state index in [0.29, 0.717) is 18.1 Å². The van der Waals surface area contributed by atoms with Crippen LogP contribution in [0.1, 0.15) is 95.5 Å². The zero-order valence-electron chi connectivity index (χ0n) is 18.4. The first-order valence-corrected chi connectivity index (χ1v) is 12.3. The molecule has 2 saturated carbocycles. The summed E-state index contributed by atoms with van der Waals surface area (Å²) >= 11 is 0. The van der Waals surface area contributed by atoms with Crippen LogP contribution in [0.25, 0.3) is 0 Å². The molecule has 3 fully saturated rings. The highest BCUT2D eigenvalue weighted by Gasteiger charge is 2.36. The topological polar surface area (TPSA) is 29.5 Å². The third kappa shape index (κ3) is 4.84. The van der Waals surface area contributed by atoms with Crippen LogP contribution in [-0.2, 0) is 4.74 Å². The van der Waals surface area contributed by atoms with Crippen LogP contribution in [0, 0.1) is 35.3 Å². The Morgan fingerprint density at radius 1 is 0.833 bits per heavy atom. The summed E-state index contributed by atoms with van der Waals surface area (Å²) in [5, 5.41) is 9.34. The average molecular weight is 421 g/mol. The van der Waals surface area contributed by atoms with Crippen molar-refractivity contribution in [2.24, 2.45) is 23.7 Å². The molecule has 2 atom stereocenters. The molecule has 3 aliphatic rings. The van der Waals surface area contributed by atoms with Crippen molar-refractivity contribution in [1.82, 2.24) is 0 Å². The first-order valence-electron chi connectivity index (χ1n) is 12.3. The van der Waals surface area contributed by atoms with Gasteiger partial charge in [-0.3, -0.25) is 0 Å². The van der Waals surface area contributed by atoms with Crippen molar-refractivity contribution < 1.29 is 18.6 Å². The highest BCUT2D eigenvalue weighted by molar-refractivity contribution is 5.32. The van der Waals surface area contributed by atoms with Gasteiger partial charge >= 0.3 is 0 Å². The summed E-state index contributed by atoms with van der Waals surface area (Å²) in [5.74, 6) is 0.663. The highest BCUT2D eigenvalue weighted by atomic mass is 19.2. The van der Waals surface area contributed by atoms with Crippen molar-refractivity contribution >= 4 is 0 Å². The zero-order chi connectivity index (χ0) is 21.1. The summed E-state index contributed by atoms with van der Waals surface area (Å²) in [6.07, 6.45) is 15.7. The van der Waals surface area contributed by atoms with Crippen LogP contribution in [-0.4, -0.2) is 17.8 Å². The van der Waals surface area contributed by atoms with Crippen LogP contribution in [0.2, 0.25) is 0 Å². The molecule has 1 aliphatic heterocycles. The molecule has 2 aliphatic carbocycles. The standard InChI is InChI=1S/C26H38F2O2/c1-2-3-17-4-6-18(7-5-17)19-8-10-20(11-9-19)24-15-12-21(16-30-24)22-13-14-23(29)26(28)25(22)27/h13-14,17-21,24,29H,2-12,15-16H2,1H3. The van der Waals surface area contributed by atoms with Crippen molar-refractivity contribution in [2.45, 2.75) is 96.0 Å². The molecule has 0 bridgehead atoms. The predicted octanol–water partition coefficient (Wildman–Crippen LogP) is 7.35. The number of phenols is 1. The third-order valence-electron chi connectivity index (χ3n) is 8.44. The number of phenolic OH excluding ortho intramolecular Hbond substituents is 1. The summed E-state index contributed by atoms with van der Waals surface area (Å²) in [6, 6.07) is 2.75. The molecule has 30 heavy (non-hydrogen) atoms. The van der Waals surface area contributed by atoms with Gasteiger partial charge in [0.05, 0.1) is 12.7 Å². The van der Waals surface area contributed by atoms with Crippen LogP contribution < -0.4 is 0 Å². The van der Waals surface area contributed by atoms with Gasteiger partial charge in [-0.2, -0.15) is 4.39 Å². The third-order valence-corrected chi connectivity index (χ3v) is 8.44. The van der Waals surface area contributed by atoms with Gasteiger partial charge < -0.3 is 9.84 Å². The summed E-state index contributed by atoms with van der Waals surface area (Å²) in [4.78, 5) is 0. The fourth-order valence-electron chi connectivity index (χ4n) is 6.60. The molecule has 1 aromatic rings. The number of rotatable bonds is 5. The van der Waals surface area contributed by atoms with Crippen LogP contribution >= 0.6 is 0 Å². The molecule has 0 amide bonds. The van der Waals surface area contributed by atoms with Crippen molar-refractivity contribution in [2.75, 3.05) is 6.61 Å². The Morgan fingerprint density at radius 3 is 2.07 bits per heavy atom. The van der Waals surface area contributed by atoms with E-state index in [-0.39, 0.29) is 12.0 Å². The summed E-state index contributed by atoms with van der Waals surface area (Å²) in [6.45, 7) is 2.76. The molecule has 1 N–H and O–H groups in total. The zero-order valence-corrected chi connectivity index (χ0v) is 18.4. The van der Waals surface area contributed by atoms with E-state index >= 15 is 0 Å². The fourth-order valence-corrected chi connectivity index (χ4v) is 6.60. The number of halogens is 2. The van der Waals surface area contributed by atoms with Gasteiger partial charge in [-0.05, 0) is 86.7 Å². The Morgan fingerprint density at radius 2 is 1.47 bits per heavy atom. The molecule has 2 unspecified atom stereocenters. The van der Waals surface area contributed by atoms with E-state index in [0.717, 1.165) is 30.6 Å². The number of ether oxygens (including phenoxy) is 1. The maximum Gasteiger partial charge on any atom is 0.200 e. The molecule has 4 heteroatoms. The maximum absolute atomic E-state index is 14.2. The molecule has 0 aromatic heterocycles. The lowest BCUT2D eigenvalue weighted by Crippen LogP contribution is -2.35. The van der Waals surface area contributed by atoms with E-state index < -0.39 is 17.4 Å². The molecule has 168 valence electrons. The minimum atomic E-state index is -1.14. The molecule has 1 aromatic carbocycles. The van der Waals surface area contributed by atoms with Gasteiger partial charge in [0.25, 0.3) is 0 Å². The van der Waals surface area contributed by atoms with Gasteiger partial charge in [0, 0.05) is 5.92 Å². The molecule has 0 spiro atoms. The van der Waals surface area contributed by atoms with E-state index in [1.165, 1.54) is 76.3 Å². The first-order chi connectivity index (χ1) is 14.6. The second-order valence-corrected chi connectivity index (χ2v) is 10.2. The molecule has 4 rings (SSSR count). The Bertz CT molecular complexity index is 683. The second-order valence-electron chi connectivity index (χ2n) is 10.2. The number of aromatic hydroxyl groups is 1. The normalized spacial score (nSPS) is 35.3. The summed E-state index contributed by atoms with van der Waals surface area (Å²) in [7, 11) is 0. The molecule has 1 heterocycles. The number of hydrogen-bond donors (Lipinski definition) is 1. The molecular formula is C26H38F2O2. The van der Waals surface area contributed by atoms with E-state index in [1.54, 1.807) is 0 Å². The van der Waals surface area contributed by atoms with Gasteiger partial charge in [0.15, 0.2) is 11.6 Å². The minimum absolute atomic E-state index is 0.119. The van der Waals surface area contributed by atoms with E-state index in [2.05, 4.69) is 6.92 Å². The van der Waals surface area contributed by atoms with Crippen molar-refractivity contribution in [3.8, 4) is 5.75 Å². The van der Waals surface area contributed by atoms with Gasteiger partial charge in [-0.15, -0.1) is 0 Å². The van der Waals surface area contributed by atoms with Crippen LogP contribution in [0.3, 0.4) is 0 Å². The SMILES string of the molecule is CCCC1CCC(C2CCC(C3CCC(c4ccc(O)c(F)c4F)CO3)CC2)CC1. The van der Waals surface area contributed by atoms with Crippen LogP contribution in [0.15, 0.2) is 12.1 Å². The lowest BCUT2D eigenvalue weighted by atomic mass is 9.67.